The summed E-state index contributed by atoms with van der Waals surface area (Å²) >= 11 is 1.40. The number of benzene rings is 1. The number of hydrogen-bond donors (Lipinski definition) is 1. The monoisotopic (exact) mass is 400 g/mol. The Morgan fingerprint density at radius 2 is 1.93 bits per heavy atom. The summed E-state index contributed by atoms with van der Waals surface area (Å²) in [6.45, 7) is 4.74. The lowest BCUT2D eigenvalue weighted by atomic mass is 10.1. The molecule has 2 N–H and O–H groups in total. The molecule has 1 aromatic carbocycles. The quantitative estimate of drug-likeness (QED) is 0.350. The minimum absolute atomic E-state index is 0.0669. The van der Waals surface area contributed by atoms with Gasteiger partial charge in [-0.1, -0.05) is 25.5 Å². The summed E-state index contributed by atoms with van der Waals surface area (Å²) in [7, 11) is 0. The average Bonchev–Trinajstić information content (AvgIpc) is 3.15. The van der Waals surface area contributed by atoms with Gasteiger partial charge in [0.25, 0.3) is 5.56 Å². The van der Waals surface area contributed by atoms with Gasteiger partial charge in [-0.2, -0.15) is 0 Å². The highest BCUT2D eigenvalue weighted by atomic mass is 32.1. The van der Waals surface area contributed by atoms with Gasteiger partial charge in [0.2, 0.25) is 5.75 Å². The Morgan fingerprint density at radius 1 is 1.18 bits per heavy atom. The number of hydrogen-bond acceptors (Lipinski definition) is 6. The molecule has 2 aromatic heterocycles. The van der Waals surface area contributed by atoms with Gasteiger partial charge in [-0.05, 0) is 42.5 Å². The number of nitrogens with two attached hydrogens (primary N) is 1. The highest BCUT2D eigenvalue weighted by Gasteiger charge is 2.25. The first-order chi connectivity index (χ1) is 13.6. The molecule has 6 nitrogen and oxygen atoms in total. The molecular formula is C21H24N2O4S. The summed E-state index contributed by atoms with van der Waals surface area (Å²) in [5.74, 6) is -0.463. The van der Waals surface area contributed by atoms with Crippen LogP contribution in [-0.2, 0) is 11.3 Å². The van der Waals surface area contributed by atoms with E-state index < -0.39 is 5.97 Å². The van der Waals surface area contributed by atoms with E-state index >= 15 is 0 Å². The van der Waals surface area contributed by atoms with E-state index in [0.29, 0.717) is 29.1 Å². The third-order valence-corrected chi connectivity index (χ3v) is 5.29. The van der Waals surface area contributed by atoms with E-state index in [2.05, 4.69) is 0 Å². The Morgan fingerprint density at radius 3 is 2.61 bits per heavy atom. The number of ether oxygens (including phenoxy) is 2. The number of esters is 1. The molecule has 2 heterocycles. The van der Waals surface area contributed by atoms with E-state index in [1.54, 1.807) is 23.6 Å². The van der Waals surface area contributed by atoms with Gasteiger partial charge in [0.05, 0.1) is 30.0 Å². The van der Waals surface area contributed by atoms with Crippen molar-refractivity contribution in [2.75, 3.05) is 18.9 Å². The number of nitrogens with zero attached hydrogens (tertiary/aromatic N) is 1. The Balaban J connectivity index is 2.15. The van der Waals surface area contributed by atoms with Crippen LogP contribution in [0.5, 0.6) is 5.75 Å². The van der Waals surface area contributed by atoms with Crippen LogP contribution >= 0.6 is 11.3 Å². The summed E-state index contributed by atoms with van der Waals surface area (Å²) < 4.78 is 13.3. The molecule has 3 aromatic rings. The number of nitrogen functional groups attached to an aromatic ring is 1. The van der Waals surface area contributed by atoms with Crippen LogP contribution in [0.25, 0.3) is 10.2 Å². The molecule has 0 atom stereocenters. The standard InChI is InChI=1S/C21H24N2O4S/c1-3-5-11-27-18-17(21(25)26-4-2)19-16(10-12-28-19)23(20(18)24)13-14-6-8-15(22)9-7-14/h6-10,12H,3-5,11,13,22H2,1-2H3. The molecule has 0 saturated carbocycles. The number of carbonyl (C=O) groups excluding carboxylic acids is 1. The Hall–Kier alpha value is -2.80. The predicted molar refractivity (Wildman–Crippen MR) is 112 cm³/mol. The van der Waals surface area contributed by atoms with Gasteiger partial charge in [0.15, 0.2) is 0 Å². The number of rotatable bonds is 8. The second-order valence-corrected chi connectivity index (χ2v) is 7.31. The smallest absolute Gasteiger partial charge is 0.343 e. The van der Waals surface area contributed by atoms with E-state index in [0.717, 1.165) is 18.4 Å². The SMILES string of the molecule is CCCCOc1c(C(=O)OCC)c2sccc2n(Cc2ccc(N)cc2)c1=O. The van der Waals surface area contributed by atoms with E-state index in [1.807, 2.05) is 30.5 Å². The van der Waals surface area contributed by atoms with Crippen molar-refractivity contribution in [3.63, 3.8) is 0 Å². The molecule has 3 rings (SSSR count). The van der Waals surface area contributed by atoms with Gasteiger partial charge >= 0.3 is 5.97 Å². The molecule has 0 spiro atoms. The highest BCUT2D eigenvalue weighted by molar-refractivity contribution is 7.17. The van der Waals surface area contributed by atoms with Gasteiger partial charge < -0.3 is 15.2 Å². The molecule has 0 bridgehead atoms. The van der Waals surface area contributed by atoms with Crippen molar-refractivity contribution in [3.8, 4) is 5.75 Å². The third kappa shape index (κ3) is 4.04. The number of thiophene rings is 1. The molecule has 0 amide bonds. The summed E-state index contributed by atoms with van der Waals surface area (Å²) in [5, 5.41) is 1.86. The van der Waals surface area contributed by atoms with Gasteiger partial charge in [-0.3, -0.25) is 9.36 Å². The maximum Gasteiger partial charge on any atom is 0.343 e. The van der Waals surface area contributed by atoms with Crippen LogP contribution in [-0.4, -0.2) is 23.8 Å². The summed E-state index contributed by atoms with van der Waals surface area (Å²) in [5.41, 5.74) is 7.95. The third-order valence-electron chi connectivity index (χ3n) is 4.37. The van der Waals surface area contributed by atoms with Gasteiger partial charge in [0, 0.05) is 5.69 Å². The fraction of sp³-hybridized carbons (Fsp3) is 0.333. The summed E-state index contributed by atoms with van der Waals surface area (Å²) in [6.07, 6.45) is 1.72. The minimum atomic E-state index is -0.529. The van der Waals surface area contributed by atoms with E-state index in [1.165, 1.54) is 11.3 Å². The summed E-state index contributed by atoms with van der Waals surface area (Å²) in [4.78, 5) is 25.9. The second kappa shape index (κ2) is 8.93. The van der Waals surface area contributed by atoms with Crippen LogP contribution < -0.4 is 16.0 Å². The van der Waals surface area contributed by atoms with Crippen molar-refractivity contribution in [3.05, 3.63) is 57.2 Å². The Kier molecular flexibility index (Phi) is 6.36. The molecule has 148 valence electrons. The minimum Gasteiger partial charge on any atom is -0.487 e. The van der Waals surface area contributed by atoms with E-state index in [9.17, 15) is 9.59 Å². The van der Waals surface area contributed by atoms with Crippen molar-refractivity contribution in [1.29, 1.82) is 0 Å². The molecule has 0 unspecified atom stereocenters. The second-order valence-electron chi connectivity index (χ2n) is 6.39. The van der Waals surface area contributed by atoms with Crippen LogP contribution in [0.2, 0.25) is 0 Å². The van der Waals surface area contributed by atoms with Gasteiger partial charge in [-0.25, -0.2) is 4.79 Å². The highest BCUT2D eigenvalue weighted by Crippen LogP contribution is 2.31. The zero-order valence-corrected chi connectivity index (χ0v) is 16.9. The maximum absolute atomic E-state index is 13.3. The van der Waals surface area contributed by atoms with E-state index in [-0.39, 0.29) is 23.5 Å². The van der Waals surface area contributed by atoms with Crippen LogP contribution in [0.4, 0.5) is 5.69 Å². The number of aromatic nitrogens is 1. The largest absolute Gasteiger partial charge is 0.487 e. The summed E-state index contributed by atoms with van der Waals surface area (Å²) in [6, 6.07) is 9.22. The topological polar surface area (TPSA) is 83.6 Å². The van der Waals surface area contributed by atoms with Crippen LogP contribution in [0.15, 0.2) is 40.5 Å². The average molecular weight is 401 g/mol. The lowest BCUT2D eigenvalue weighted by Gasteiger charge is -2.16. The molecule has 0 aliphatic heterocycles. The number of unbranched alkanes of at least 4 members (excludes halogenated alkanes) is 1. The zero-order valence-electron chi connectivity index (χ0n) is 16.1. The molecule has 28 heavy (non-hydrogen) atoms. The lowest BCUT2D eigenvalue weighted by molar-refractivity contribution is 0.0523. The zero-order chi connectivity index (χ0) is 20.1. The van der Waals surface area contributed by atoms with Crippen LogP contribution in [0, 0.1) is 0 Å². The molecule has 0 saturated heterocycles. The number of pyridine rings is 1. The fourth-order valence-corrected chi connectivity index (χ4v) is 3.87. The first kappa shape index (κ1) is 19.9. The Bertz CT molecular complexity index is 1020. The fourth-order valence-electron chi connectivity index (χ4n) is 2.95. The molecule has 0 radical (unpaired) electrons. The normalized spacial score (nSPS) is 10.9. The molecule has 0 fully saturated rings. The maximum atomic E-state index is 13.3. The van der Waals surface area contributed by atoms with Crippen LogP contribution in [0.1, 0.15) is 42.6 Å². The molecule has 0 aliphatic carbocycles. The molecule has 0 aliphatic rings. The van der Waals surface area contributed by atoms with E-state index in [4.69, 9.17) is 15.2 Å². The van der Waals surface area contributed by atoms with Crippen molar-refractivity contribution in [2.45, 2.75) is 33.2 Å². The predicted octanol–water partition coefficient (Wildman–Crippen LogP) is 4.05. The van der Waals surface area contributed by atoms with Crippen molar-refractivity contribution >= 4 is 33.2 Å². The number of fused-ring (bicyclic) bond motifs is 1. The van der Waals surface area contributed by atoms with Crippen LogP contribution in [0.3, 0.4) is 0 Å². The van der Waals surface area contributed by atoms with Crippen molar-refractivity contribution in [2.24, 2.45) is 0 Å². The first-order valence-corrected chi connectivity index (χ1v) is 10.2. The first-order valence-electron chi connectivity index (χ1n) is 9.35. The lowest BCUT2D eigenvalue weighted by Crippen LogP contribution is -2.26. The van der Waals surface area contributed by atoms with Crippen molar-refractivity contribution in [1.82, 2.24) is 4.57 Å². The molecule has 7 heteroatoms. The number of anilines is 1. The van der Waals surface area contributed by atoms with Crippen molar-refractivity contribution < 1.29 is 14.3 Å². The van der Waals surface area contributed by atoms with Gasteiger partial charge in [0.1, 0.15) is 5.56 Å². The Labute approximate surface area is 167 Å². The molecular weight excluding hydrogens is 376 g/mol. The van der Waals surface area contributed by atoms with Gasteiger partial charge in [-0.15, -0.1) is 11.3 Å². The number of carbonyl (C=O) groups is 1.